The summed E-state index contributed by atoms with van der Waals surface area (Å²) in [6.45, 7) is 8.27. The lowest BCUT2D eigenvalue weighted by Crippen LogP contribution is -2.24. The molecule has 0 aliphatic heterocycles. The average Bonchev–Trinajstić information content (AvgIpc) is 2.53. The van der Waals surface area contributed by atoms with Crippen molar-refractivity contribution < 1.29 is 9.53 Å². The Morgan fingerprint density at radius 2 is 1.86 bits per heavy atom. The zero-order valence-electron chi connectivity index (χ0n) is 18.0. The Morgan fingerprint density at radius 3 is 2.43 bits per heavy atom. The first-order chi connectivity index (χ1) is 13.0. The van der Waals surface area contributed by atoms with Crippen molar-refractivity contribution in [3.05, 3.63) is 17.8 Å². The molecule has 1 aromatic carbocycles. The third-order valence-electron chi connectivity index (χ3n) is 3.71. The molecule has 0 bridgehead atoms. The zero-order chi connectivity index (χ0) is 21.1. The van der Waals surface area contributed by atoms with E-state index in [2.05, 4.69) is 27.4 Å². The summed E-state index contributed by atoms with van der Waals surface area (Å²) in [5.41, 5.74) is 2.57. The first kappa shape index (κ1) is 21.5. The van der Waals surface area contributed by atoms with Gasteiger partial charge in [0.2, 0.25) is 0 Å². The summed E-state index contributed by atoms with van der Waals surface area (Å²) in [6, 6.07) is 3.68. The van der Waals surface area contributed by atoms with Crippen LogP contribution < -0.4 is 15.0 Å². The monoisotopic (exact) mass is 383 g/mol. The zero-order valence-corrected chi connectivity index (χ0v) is 18.0. The molecule has 0 radical (unpaired) electrons. The molecule has 0 saturated heterocycles. The van der Waals surface area contributed by atoms with Gasteiger partial charge in [-0.15, -0.1) is 5.10 Å². The minimum atomic E-state index is -0.438. The number of carbonyl (C=O) groups is 1. The van der Waals surface area contributed by atoms with Gasteiger partial charge in [-0.1, -0.05) is 5.92 Å². The van der Waals surface area contributed by atoms with Crippen LogP contribution in [-0.4, -0.2) is 61.3 Å². The fourth-order valence-electron chi connectivity index (χ4n) is 2.72. The van der Waals surface area contributed by atoms with Crippen molar-refractivity contribution >= 4 is 28.2 Å². The number of rotatable bonds is 4. The van der Waals surface area contributed by atoms with Gasteiger partial charge in [-0.25, -0.2) is 0 Å². The molecule has 0 saturated carbocycles. The van der Waals surface area contributed by atoms with Crippen LogP contribution in [0.25, 0.3) is 10.9 Å². The molecule has 2 rings (SSSR count). The Balaban J connectivity index is 2.55. The average molecular weight is 383 g/mol. The number of anilines is 2. The lowest BCUT2D eigenvalue weighted by atomic mass is 10.1. The Hall–Kier alpha value is -2.85. The van der Waals surface area contributed by atoms with Crippen molar-refractivity contribution in [2.75, 3.05) is 45.0 Å². The highest BCUT2D eigenvalue weighted by Crippen LogP contribution is 2.36. The fraction of sp³-hybridized carbons (Fsp3) is 0.476. The third kappa shape index (κ3) is 5.57. The number of benzene rings is 1. The summed E-state index contributed by atoms with van der Waals surface area (Å²) in [5, 5.41) is 12.3. The van der Waals surface area contributed by atoms with E-state index in [9.17, 15) is 4.79 Å². The number of aromatic nitrogens is 2. The Morgan fingerprint density at radius 1 is 1.18 bits per heavy atom. The molecule has 0 aliphatic carbocycles. The fourth-order valence-corrected chi connectivity index (χ4v) is 2.72. The molecule has 2 aromatic rings. The van der Waals surface area contributed by atoms with Crippen molar-refractivity contribution in [1.29, 1.82) is 0 Å². The molecule has 1 aromatic heterocycles. The lowest BCUT2D eigenvalue weighted by Gasteiger charge is -2.24. The van der Waals surface area contributed by atoms with Crippen LogP contribution in [0.15, 0.2) is 12.1 Å². The van der Waals surface area contributed by atoms with Gasteiger partial charge in [-0.3, -0.25) is 9.69 Å². The molecule has 28 heavy (non-hydrogen) atoms. The van der Waals surface area contributed by atoms with E-state index >= 15 is 0 Å². The molecule has 0 aliphatic rings. The first-order valence-corrected chi connectivity index (χ1v) is 9.10. The topological polar surface area (TPSA) is 70.6 Å². The summed E-state index contributed by atoms with van der Waals surface area (Å²) in [4.78, 5) is 16.2. The van der Waals surface area contributed by atoms with Crippen LogP contribution in [0, 0.1) is 18.8 Å². The second kappa shape index (κ2) is 8.44. The number of nitrogens with zero attached hydrogens (tertiary/aromatic N) is 4. The van der Waals surface area contributed by atoms with Gasteiger partial charge in [0.15, 0.2) is 0 Å². The Bertz CT molecular complexity index is 934. The predicted molar refractivity (Wildman–Crippen MR) is 114 cm³/mol. The minimum Gasteiger partial charge on any atom is -0.486 e. The molecule has 0 unspecified atom stereocenters. The van der Waals surface area contributed by atoms with Crippen molar-refractivity contribution in [3.8, 4) is 17.6 Å². The van der Waals surface area contributed by atoms with Gasteiger partial charge in [0.25, 0.3) is 5.91 Å². The van der Waals surface area contributed by atoms with Gasteiger partial charge in [0.1, 0.15) is 11.4 Å². The number of carbonyl (C=O) groups excluding carboxylic acids is 1. The maximum absolute atomic E-state index is 12.3. The van der Waals surface area contributed by atoms with Crippen LogP contribution in [0.4, 0.5) is 11.4 Å². The van der Waals surface area contributed by atoms with Gasteiger partial charge in [0.05, 0.1) is 29.1 Å². The standard InChI is InChI=1S/C21H29N5O2/c1-14-20(26(7)8)15-12-17(22-19(27)10-9-11-25(5)6)18(28-21(2,3)4)13-16(15)24-23-14/h12-13H,11H2,1-8H3,(H,22,27). The summed E-state index contributed by atoms with van der Waals surface area (Å²) < 4.78 is 6.06. The largest absolute Gasteiger partial charge is 0.486 e. The summed E-state index contributed by atoms with van der Waals surface area (Å²) in [6.07, 6.45) is 0. The molecule has 0 spiro atoms. The number of aryl methyl sites for hydroxylation is 1. The number of amides is 1. The van der Waals surface area contributed by atoms with Crippen molar-refractivity contribution in [2.45, 2.75) is 33.3 Å². The van der Waals surface area contributed by atoms with E-state index in [-0.39, 0.29) is 5.91 Å². The van der Waals surface area contributed by atoms with Gasteiger partial charge < -0.3 is 15.0 Å². The second-order valence-corrected chi connectivity index (χ2v) is 8.10. The number of hydrogen-bond donors (Lipinski definition) is 1. The molecular weight excluding hydrogens is 354 g/mol. The summed E-state index contributed by atoms with van der Waals surface area (Å²) in [5.74, 6) is 5.60. The van der Waals surface area contributed by atoms with E-state index in [1.807, 2.05) is 77.8 Å². The molecule has 1 amide bonds. The van der Waals surface area contributed by atoms with Crippen LogP contribution in [0.5, 0.6) is 5.75 Å². The third-order valence-corrected chi connectivity index (χ3v) is 3.71. The normalized spacial score (nSPS) is 11.2. The number of hydrogen-bond acceptors (Lipinski definition) is 6. The van der Waals surface area contributed by atoms with Crippen LogP contribution >= 0.6 is 0 Å². The molecule has 0 atom stereocenters. The van der Waals surface area contributed by atoms with Gasteiger partial charge in [0, 0.05) is 25.5 Å². The van der Waals surface area contributed by atoms with E-state index in [1.54, 1.807) is 0 Å². The molecule has 1 heterocycles. The number of fused-ring (bicyclic) bond motifs is 1. The molecule has 150 valence electrons. The molecule has 7 nitrogen and oxygen atoms in total. The van der Waals surface area contributed by atoms with Crippen molar-refractivity contribution in [1.82, 2.24) is 15.1 Å². The summed E-state index contributed by atoms with van der Waals surface area (Å²) >= 11 is 0. The van der Waals surface area contributed by atoms with E-state index in [0.717, 1.165) is 16.8 Å². The highest BCUT2D eigenvalue weighted by molar-refractivity contribution is 6.07. The maximum atomic E-state index is 12.3. The summed E-state index contributed by atoms with van der Waals surface area (Å²) in [7, 11) is 7.71. The molecule has 1 N–H and O–H groups in total. The predicted octanol–water partition coefficient (Wildman–Crippen LogP) is 2.69. The van der Waals surface area contributed by atoms with E-state index in [4.69, 9.17) is 4.74 Å². The quantitative estimate of drug-likeness (QED) is 0.819. The highest BCUT2D eigenvalue weighted by atomic mass is 16.5. The van der Waals surface area contributed by atoms with Crippen molar-refractivity contribution in [3.63, 3.8) is 0 Å². The second-order valence-electron chi connectivity index (χ2n) is 8.10. The van der Waals surface area contributed by atoms with Gasteiger partial charge in [-0.2, -0.15) is 5.10 Å². The Labute approximate surface area is 167 Å². The molecule has 7 heteroatoms. The first-order valence-electron chi connectivity index (χ1n) is 9.10. The van der Waals surface area contributed by atoms with Crippen molar-refractivity contribution in [2.24, 2.45) is 0 Å². The SMILES string of the molecule is Cc1nnc2cc(OC(C)(C)C)c(NC(=O)C#CCN(C)C)cc2c1N(C)C. The van der Waals surface area contributed by atoms with Gasteiger partial charge >= 0.3 is 0 Å². The van der Waals surface area contributed by atoms with E-state index in [1.165, 1.54) is 0 Å². The van der Waals surface area contributed by atoms with Crippen LogP contribution in [0.2, 0.25) is 0 Å². The number of ether oxygens (including phenoxy) is 1. The smallest absolute Gasteiger partial charge is 0.300 e. The number of nitrogens with one attached hydrogen (secondary N) is 1. The molecular formula is C21H29N5O2. The van der Waals surface area contributed by atoms with Crippen LogP contribution in [-0.2, 0) is 4.79 Å². The van der Waals surface area contributed by atoms with Gasteiger partial charge in [-0.05, 0) is 53.8 Å². The van der Waals surface area contributed by atoms with Crippen LogP contribution in [0.1, 0.15) is 26.5 Å². The Kier molecular flexibility index (Phi) is 6.47. The molecule has 0 fully saturated rings. The van der Waals surface area contributed by atoms with E-state index < -0.39 is 5.60 Å². The highest BCUT2D eigenvalue weighted by Gasteiger charge is 2.19. The minimum absolute atomic E-state index is 0.384. The van der Waals surface area contributed by atoms with E-state index in [0.29, 0.717) is 23.5 Å². The lowest BCUT2D eigenvalue weighted by molar-refractivity contribution is -0.111. The van der Waals surface area contributed by atoms with Crippen LogP contribution in [0.3, 0.4) is 0 Å². The maximum Gasteiger partial charge on any atom is 0.300 e.